The fourth-order valence-corrected chi connectivity index (χ4v) is 4.83. The molecule has 3 nitrogen and oxygen atoms in total. The van der Waals surface area contributed by atoms with Crippen LogP contribution in [0, 0.1) is 5.92 Å². The summed E-state index contributed by atoms with van der Waals surface area (Å²) in [6.07, 6.45) is 3.13. The summed E-state index contributed by atoms with van der Waals surface area (Å²) in [5.41, 5.74) is 1.76. The molecule has 1 aliphatic carbocycles. The minimum atomic E-state index is -0.0890. The van der Waals surface area contributed by atoms with Crippen LogP contribution >= 0.6 is 34.5 Å². The van der Waals surface area contributed by atoms with Gasteiger partial charge in [0, 0.05) is 9.90 Å². The van der Waals surface area contributed by atoms with Crippen LogP contribution in [0.1, 0.15) is 23.8 Å². The Kier molecular flexibility index (Phi) is 3.71. The Morgan fingerprint density at radius 1 is 1.26 bits per heavy atom. The van der Waals surface area contributed by atoms with Crippen molar-refractivity contribution in [1.82, 2.24) is 9.55 Å². The number of benzene rings is 1. The second kappa shape index (κ2) is 5.62. The van der Waals surface area contributed by atoms with Gasteiger partial charge in [0.2, 0.25) is 5.28 Å². The van der Waals surface area contributed by atoms with E-state index in [1.165, 1.54) is 21.4 Å². The first kappa shape index (κ1) is 15.2. The molecule has 2 heterocycles. The molecule has 4 rings (SSSR count). The Bertz CT molecular complexity index is 959. The SMILES string of the molecule is CC1CCc2sc3nc(Cl)n(-c4ccc(Cl)cc4)c(=O)c3c2C1. The van der Waals surface area contributed by atoms with Crippen LogP contribution in [0.5, 0.6) is 0 Å². The zero-order valence-corrected chi connectivity index (χ0v) is 14.8. The largest absolute Gasteiger partial charge is 0.268 e. The van der Waals surface area contributed by atoms with Crippen LogP contribution < -0.4 is 5.56 Å². The standard InChI is InChI=1S/C17H14Cl2N2OS/c1-9-2-7-13-12(8-9)14-15(23-13)20-17(19)21(16(14)22)11-5-3-10(18)4-6-11/h3-6,9H,2,7-8H2,1H3. The van der Waals surface area contributed by atoms with Crippen molar-refractivity contribution in [3.63, 3.8) is 0 Å². The van der Waals surface area contributed by atoms with Gasteiger partial charge in [0.15, 0.2) is 0 Å². The third kappa shape index (κ3) is 2.49. The maximum atomic E-state index is 13.1. The summed E-state index contributed by atoms with van der Waals surface area (Å²) in [6, 6.07) is 7.05. The lowest BCUT2D eigenvalue weighted by Crippen LogP contribution is -2.21. The van der Waals surface area contributed by atoms with Gasteiger partial charge in [0.25, 0.3) is 5.56 Å². The average Bonchev–Trinajstić information content (AvgIpc) is 2.86. The Morgan fingerprint density at radius 3 is 2.74 bits per heavy atom. The number of hydrogen-bond donors (Lipinski definition) is 0. The van der Waals surface area contributed by atoms with Gasteiger partial charge < -0.3 is 0 Å². The second-order valence-corrected chi connectivity index (χ2v) is 7.89. The summed E-state index contributed by atoms with van der Waals surface area (Å²) >= 11 is 13.8. The van der Waals surface area contributed by atoms with E-state index in [-0.39, 0.29) is 10.8 Å². The van der Waals surface area contributed by atoms with E-state index in [1.54, 1.807) is 35.6 Å². The van der Waals surface area contributed by atoms with Gasteiger partial charge in [0.1, 0.15) is 4.83 Å². The van der Waals surface area contributed by atoms with Crippen LogP contribution in [0.15, 0.2) is 29.1 Å². The van der Waals surface area contributed by atoms with Crippen LogP contribution in [-0.4, -0.2) is 9.55 Å². The highest BCUT2D eigenvalue weighted by atomic mass is 35.5. The average molecular weight is 365 g/mol. The molecule has 0 fully saturated rings. The molecule has 0 aliphatic heterocycles. The van der Waals surface area contributed by atoms with Crippen molar-refractivity contribution in [2.24, 2.45) is 5.92 Å². The summed E-state index contributed by atoms with van der Waals surface area (Å²) in [4.78, 5) is 19.6. The van der Waals surface area contributed by atoms with Crippen LogP contribution in [0.4, 0.5) is 0 Å². The monoisotopic (exact) mass is 364 g/mol. The minimum absolute atomic E-state index is 0.0890. The predicted molar refractivity (Wildman–Crippen MR) is 96.4 cm³/mol. The van der Waals surface area contributed by atoms with Gasteiger partial charge in [0.05, 0.1) is 11.1 Å². The Labute approximate surface area is 147 Å². The molecule has 1 atom stereocenters. The van der Waals surface area contributed by atoms with Crippen molar-refractivity contribution >= 4 is 44.8 Å². The molecule has 1 aromatic carbocycles. The van der Waals surface area contributed by atoms with Crippen molar-refractivity contribution in [2.75, 3.05) is 0 Å². The van der Waals surface area contributed by atoms with Gasteiger partial charge in [-0.1, -0.05) is 18.5 Å². The molecule has 0 saturated carbocycles. The van der Waals surface area contributed by atoms with Gasteiger partial charge in [-0.25, -0.2) is 4.98 Å². The normalized spacial score (nSPS) is 17.4. The lowest BCUT2D eigenvalue weighted by Gasteiger charge is -2.17. The van der Waals surface area contributed by atoms with Gasteiger partial charge in [-0.2, -0.15) is 0 Å². The molecule has 0 spiro atoms. The van der Waals surface area contributed by atoms with Gasteiger partial charge >= 0.3 is 0 Å². The third-order valence-corrected chi connectivity index (χ3v) is 6.06. The number of nitrogens with zero attached hydrogens (tertiary/aromatic N) is 2. The number of hydrogen-bond acceptors (Lipinski definition) is 3. The van der Waals surface area contributed by atoms with E-state index in [1.807, 2.05) is 0 Å². The summed E-state index contributed by atoms with van der Waals surface area (Å²) in [5, 5.41) is 1.54. The maximum Gasteiger partial charge on any atom is 0.268 e. The zero-order valence-electron chi connectivity index (χ0n) is 12.5. The summed E-state index contributed by atoms with van der Waals surface area (Å²) < 4.78 is 1.46. The van der Waals surface area contributed by atoms with Crippen molar-refractivity contribution < 1.29 is 0 Å². The summed E-state index contributed by atoms with van der Waals surface area (Å²) in [6.45, 7) is 2.23. The molecule has 0 bridgehead atoms. The fourth-order valence-electron chi connectivity index (χ4n) is 3.19. The number of fused-ring (bicyclic) bond motifs is 3. The molecule has 0 radical (unpaired) electrons. The second-order valence-electron chi connectivity index (χ2n) is 6.03. The molecule has 6 heteroatoms. The molecule has 0 saturated heterocycles. The first-order valence-electron chi connectivity index (χ1n) is 7.53. The molecular weight excluding hydrogens is 351 g/mol. The zero-order chi connectivity index (χ0) is 16.1. The topological polar surface area (TPSA) is 34.9 Å². The van der Waals surface area contributed by atoms with Crippen LogP contribution in [0.3, 0.4) is 0 Å². The minimum Gasteiger partial charge on any atom is -0.268 e. The summed E-state index contributed by atoms with van der Waals surface area (Å²) in [5.74, 6) is 0.597. The number of aryl methyl sites for hydroxylation is 1. The van der Waals surface area contributed by atoms with Gasteiger partial charge in [-0.05, 0) is 66.6 Å². The Hall–Kier alpha value is -1.36. The number of thiophene rings is 1. The van der Waals surface area contributed by atoms with Gasteiger partial charge in [-0.15, -0.1) is 11.3 Å². The number of rotatable bonds is 1. The van der Waals surface area contributed by atoms with Crippen molar-refractivity contribution in [2.45, 2.75) is 26.2 Å². The van der Waals surface area contributed by atoms with E-state index in [2.05, 4.69) is 11.9 Å². The van der Waals surface area contributed by atoms with Crippen molar-refractivity contribution in [3.05, 3.63) is 55.4 Å². The van der Waals surface area contributed by atoms with E-state index in [0.717, 1.165) is 23.1 Å². The number of aromatic nitrogens is 2. The highest BCUT2D eigenvalue weighted by Crippen LogP contribution is 2.36. The lowest BCUT2D eigenvalue weighted by molar-refractivity contribution is 0.508. The number of halogens is 2. The first-order valence-corrected chi connectivity index (χ1v) is 9.10. The van der Waals surface area contributed by atoms with E-state index >= 15 is 0 Å². The van der Waals surface area contributed by atoms with Crippen molar-refractivity contribution in [1.29, 1.82) is 0 Å². The third-order valence-electron chi connectivity index (χ3n) is 4.37. The van der Waals surface area contributed by atoms with E-state index < -0.39 is 0 Å². The highest BCUT2D eigenvalue weighted by molar-refractivity contribution is 7.18. The molecule has 1 unspecified atom stereocenters. The quantitative estimate of drug-likeness (QED) is 0.576. The fraction of sp³-hybridized carbons (Fsp3) is 0.294. The molecule has 1 aliphatic rings. The van der Waals surface area contributed by atoms with E-state index in [9.17, 15) is 4.79 Å². The molecule has 3 aromatic rings. The molecule has 23 heavy (non-hydrogen) atoms. The summed E-state index contributed by atoms with van der Waals surface area (Å²) in [7, 11) is 0. The molecule has 2 aromatic heterocycles. The first-order chi connectivity index (χ1) is 11.0. The van der Waals surface area contributed by atoms with Gasteiger partial charge in [-0.3, -0.25) is 9.36 Å². The molecule has 0 N–H and O–H groups in total. The smallest absolute Gasteiger partial charge is 0.268 e. The Balaban J connectivity index is 2.01. The maximum absolute atomic E-state index is 13.1. The van der Waals surface area contributed by atoms with Crippen molar-refractivity contribution in [3.8, 4) is 5.69 Å². The van der Waals surface area contributed by atoms with E-state index in [0.29, 0.717) is 16.6 Å². The molecular formula is C17H14Cl2N2OS. The molecule has 118 valence electrons. The van der Waals surface area contributed by atoms with Crippen LogP contribution in [0.25, 0.3) is 15.9 Å². The van der Waals surface area contributed by atoms with Crippen LogP contribution in [-0.2, 0) is 12.8 Å². The molecule has 0 amide bonds. The Morgan fingerprint density at radius 2 is 2.00 bits per heavy atom. The van der Waals surface area contributed by atoms with Crippen LogP contribution in [0.2, 0.25) is 10.3 Å². The highest BCUT2D eigenvalue weighted by Gasteiger charge is 2.24. The predicted octanol–water partition coefficient (Wildman–Crippen LogP) is 4.88. The lowest BCUT2D eigenvalue weighted by atomic mass is 9.89. The van der Waals surface area contributed by atoms with E-state index in [4.69, 9.17) is 23.2 Å².